The Bertz CT molecular complexity index is 866. The van der Waals surface area contributed by atoms with E-state index in [0.29, 0.717) is 13.1 Å². The molecule has 6 nitrogen and oxygen atoms in total. The number of amides is 4. The van der Waals surface area contributed by atoms with Crippen LogP contribution in [0.1, 0.15) is 12.0 Å². The van der Waals surface area contributed by atoms with Crippen LogP contribution in [0.2, 0.25) is 0 Å². The van der Waals surface area contributed by atoms with E-state index in [4.69, 9.17) is 0 Å². The van der Waals surface area contributed by atoms with Crippen LogP contribution in [-0.2, 0) is 6.54 Å². The number of benzene rings is 2. The summed E-state index contributed by atoms with van der Waals surface area (Å²) in [6.07, 6.45) is 0.791. The molecular weight excluding hydrogens is 380 g/mol. The summed E-state index contributed by atoms with van der Waals surface area (Å²) in [5.41, 5.74) is 1.99. The molecule has 27 heavy (non-hydrogen) atoms. The Labute approximate surface area is 165 Å². The first kappa shape index (κ1) is 19.2. The lowest BCUT2D eigenvalue weighted by Crippen LogP contribution is -2.44. The number of carbonyl (C=O) groups is 2. The molecule has 0 saturated heterocycles. The highest BCUT2D eigenvalue weighted by Crippen LogP contribution is 2.29. The molecule has 0 aliphatic carbocycles. The summed E-state index contributed by atoms with van der Waals surface area (Å²) in [7, 11) is 0. The van der Waals surface area contributed by atoms with Crippen LogP contribution in [0.4, 0.5) is 9.59 Å². The minimum Gasteiger partial charge on any atom is -0.338 e. The van der Waals surface area contributed by atoms with Gasteiger partial charge in [-0.05, 0) is 24.1 Å². The Balaban J connectivity index is 1.28. The van der Waals surface area contributed by atoms with E-state index in [1.165, 1.54) is 4.70 Å². The first-order valence-corrected chi connectivity index (χ1v) is 10.4. The van der Waals surface area contributed by atoms with Crippen LogP contribution in [0.5, 0.6) is 0 Å². The maximum absolute atomic E-state index is 11.7. The van der Waals surface area contributed by atoms with Crippen molar-refractivity contribution >= 4 is 45.4 Å². The van der Waals surface area contributed by atoms with Crippen LogP contribution < -0.4 is 16.0 Å². The number of aromatic nitrogens is 1. The fraction of sp³-hybridized carbons (Fsp3) is 0.211. The van der Waals surface area contributed by atoms with Crippen molar-refractivity contribution in [3.8, 4) is 0 Å². The molecule has 1 heterocycles. The average molecular weight is 401 g/mol. The van der Waals surface area contributed by atoms with Crippen molar-refractivity contribution in [1.82, 2.24) is 20.9 Å². The van der Waals surface area contributed by atoms with Gasteiger partial charge in [0.05, 0.1) is 10.2 Å². The van der Waals surface area contributed by atoms with Crippen LogP contribution >= 0.6 is 23.1 Å². The monoisotopic (exact) mass is 400 g/mol. The maximum atomic E-state index is 11.7. The van der Waals surface area contributed by atoms with E-state index in [-0.39, 0.29) is 0 Å². The van der Waals surface area contributed by atoms with E-state index in [1.54, 1.807) is 23.1 Å². The van der Waals surface area contributed by atoms with Crippen molar-refractivity contribution in [3.63, 3.8) is 0 Å². The molecule has 3 aromatic rings. The average Bonchev–Trinajstić information content (AvgIpc) is 3.10. The van der Waals surface area contributed by atoms with E-state index in [9.17, 15) is 9.59 Å². The van der Waals surface area contributed by atoms with Gasteiger partial charge >= 0.3 is 12.1 Å². The second kappa shape index (κ2) is 9.94. The topological polar surface area (TPSA) is 83.1 Å². The fourth-order valence-electron chi connectivity index (χ4n) is 2.32. The van der Waals surface area contributed by atoms with Crippen molar-refractivity contribution in [3.05, 3.63) is 60.2 Å². The zero-order valence-electron chi connectivity index (χ0n) is 14.6. The summed E-state index contributed by atoms with van der Waals surface area (Å²) in [6.45, 7) is 0.869. The van der Waals surface area contributed by atoms with Crippen molar-refractivity contribution in [2.45, 2.75) is 17.3 Å². The van der Waals surface area contributed by atoms with Gasteiger partial charge in [0.2, 0.25) is 0 Å². The number of nitrogens with one attached hydrogen (secondary N) is 3. The van der Waals surface area contributed by atoms with Gasteiger partial charge in [-0.15, -0.1) is 11.3 Å². The second-order valence-corrected chi connectivity index (χ2v) is 8.07. The van der Waals surface area contributed by atoms with Gasteiger partial charge in [-0.3, -0.25) is 5.32 Å². The van der Waals surface area contributed by atoms with E-state index >= 15 is 0 Å². The minimum absolute atomic E-state index is 0.374. The molecule has 1 aromatic heterocycles. The van der Waals surface area contributed by atoms with Crippen LogP contribution in [-0.4, -0.2) is 29.3 Å². The van der Waals surface area contributed by atoms with Gasteiger partial charge in [0, 0.05) is 18.8 Å². The molecule has 0 radical (unpaired) electrons. The minimum atomic E-state index is -0.514. The number of rotatable bonds is 7. The van der Waals surface area contributed by atoms with Gasteiger partial charge in [0.1, 0.15) is 0 Å². The number of thioether (sulfide) groups is 1. The summed E-state index contributed by atoms with van der Waals surface area (Å²) >= 11 is 3.35. The predicted molar refractivity (Wildman–Crippen MR) is 110 cm³/mol. The second-order valence-electron chi connectivity index (χ2n) is 5.70. The molecule has 2 aromatic carbocycles. The fourth-order valence-corrected chi connectivity index (χ4v) is 4.39. The number of para-hydroxylation sites is 1. The molecule has 0 unspecified atom stereocenters. The van der Waals surface area contributed by atoms with Crippen molar-refractivity contribution in [2.24, 2.45) is 0 Å². The Morgan fingerprint density at radius 1 is 0.963 bits per heavy atom. The zero-order chi connectivity index (χ0) is 18.9. The third kappa shape index (κ3) is 6.26. The Morgan fingerprint density at radius 3 is 2.52 bits per heavy atom. The molecule has 0 bridgehead atoms. The van der Waals surface area contributed by atoms with E-state index < -0.39 is 12.1 Å². The molecule has 0 aliphatic heterocycles. The summed E-state index contributed by atoms with van der Waals surface area (Å²) in [5, 5.41) is 7.59. The smallest absolute Gasteiger partial charge is 0.323 e. The number of fused-ring (bicyclic) bond motifs is 1. The molecule has 0 saturated carbocycles. The van der Waals surface area contributed by atoms with Crippen molar-refractivity contribution < 1.29 is 9.59 Å². The third-order valence-corrected chi connectivity index (χ3v) is 5.90. The van der Waals surface area contributed by atoms with Crippen molar-refractivity contribution in [2.75, 3.05) is 12.3 Å². The van der Waals surface area contributed by atoms with Crippen LogP contribution in [0, 0.1) is 0 Å². The van der Waals surface area contributed by atoms with Crippen LogP contribution in [0.15, 0.2) is 58.9 Å². The number of thiazole rings is 1. The summed E-state index contributed by atoms with van der Waals surface area (Å²) in [5.74, 6) is 0.848. The lowest BCUT2D eigenvalue weighted by molar-refractivity contribution is 0.227. The summed E-state index contributed by atoms with van der Waals surface area (Å²) in [4.78, 5) is 28.0. The Kier molecular flexibility index (Phi) is 7.06. The number of urea groups is 2. The summed E-state index contributed by atoms with van der Waals surface area (Å²) < 4.78 is 2.21. The number of nitrogens with zero attached hydrogens (tertiary/aromatic N) is 1. The van der Waals surface area contributed by atoms with E-state index in [0.717, 1.165) is 27.6 Å². The quantitative estimate of drug-likeness (QED) is 0.414. The number of imide groups is 1. The lowest BCUT2D eigenvalue weighted by atomic mass is 10.2. The van der Waals surface area contributed by atoms with Gasteiger partial charge in [-0.25, -0.2) is 14.6 Å². The van der Waals surface area contributed by atoms with Gasteiger partial charge < -0.3 is 10.6 Å². The zero-order valence-corrected chi connectivity index (χ0v) is 16.2. The van der Waals surface area contributed by atoms with Crippen molar-refractivity contribution in [1.29, 1.82) is 0 Å². The van der Waals surface area contributed by atoms with Gasteiger partial charge in [-0.2, -0.15) is 0 Å². The highest BCUT2D eigenvalue weighted by atomic mass is 32.2. The number of carbonyl (C=O) groups excluding carboxylic acids is 2. The molecule has 4 amide bonds. The Morgan fingerprint density at radius 2 is 1.70 bits per heavy atom. The first-order chi connectivity index (χ1) is 13.2. The van der Waals surface area contributed by atoms with E-state index in [2.05, 4.69) is 27.0 Å². The third-order valence-electron chi connectivity index (χ3n) is 3.63. The van der Waals surface area contributed by atoms with Gasteiger partial charge in [0.15, 0.2) is 4.34 Å². The molecule has 0 atom stereocenters. The van der Waals surface area contributed by atoms with Gasteiger partial charge in [0.25, 0.3) is 0 Å². The standard InChI is InChI=1S/C19H20N4O2S2/c24-17(23-18(25)21-13-14-7-2-1-3-8-14)20-11-6-12-26-19-22-15-9-4-5-10-16(15)27-19/h1-5,7-10H,6,11-13H2,(H3,20,21,23,24,25). The predicted octanol–water partition coefficient (Wildman–Crippen LogP) is 3.99. The highest BCUT2D eigenvalue weighted by Gasteiger charge is 2.07. The molecule has 8 heteroatoms. The SMILES string of the molecule is O=C(NCCCSc1nc2ccccc2s1)NC(=O)NCc1ccccc1. The number of hydrogen-bond acceptors (Lipinski definition) is 5. The van der Waals surface area contributed by atoms with Gasteiger partial charge in [-0.1, -0.05) is 54.2 Å². The molecule has 3 N–H and O–H groups in total. The first-order valence-electron chi connectivity index (χ1n) is 8.56. The maximum Gasteiger partial charge on any atom is 0.323 e. The molecule has 0 fully saturated rings. The van der Waals surface area contributed by atoms with Crippen LogP contribution in [0.25, 0.3) is 10.2 Å². The lowest BCUT2D eigenvalue weighted by Gasteiger charge is -2.08. The van der Waals surface area contributed by atoms with Crippen LogP contribution in [0.3, 0.4) is 0 Å². The Hall–Kier alpha value is -2.58. The summed E-state index contributed by atoms with van der Waals surface area (Å²) in [6, 6.07) is 16.6. The van der Waals surface area contributed by atoms with E-state index in [1.807, 2.05) is 48.5 Å². The largest absolute Gasteiger partial charge is 0.338 e. The molecule has 140 valence electrons. The normalized spacial score (nSPS) is 10.5. The number of hydrogen-bond donors (Lipinski definition) is 3. The highest BCUT2D eigenvalue weighted by molar-refractivity contribution is 8.01. The molecule has 0 aliphatic rings. The molecule has 3 rings (SSSR count). The molecular formula is C19H20N4O2S2. The molecule has 0 spiro atoms.